The summed E-state index contributed by atoms with van der Waals surface area (Å²) >= 11 is 0. The fraction of sp³-hybridized carbons (Fsp3) is 0.582. The molecule has 110 heavy (non-hydrogen) atoms. The Morgan fingerprint density at radius 1 is 0.264 bits per heavy atom. The Kier molecular flexibility index (Phi) is 76.0. The number of esters is 4. The third-order valence-electron chi connectivity index (χ3n) is 16.2. The number of carbonyl (C=O) groups excluding carboxylic acids is 4. The number of allylic oxidation sites excluding steroid dienone is 34. The van der Waals surface area contributed by atoms with Gasteiger partial charge in [0.1, 0.15) is 19.3 Å². The lowest BCUT2D eigenvalue weighted by molar-refractivity contribution is -0.161. The van der Waals surface area contributed by atoms with Crippen LogP contribution in [0.2, 0.25) is 0 Å². The minimum Gasteiger partial charge on any atom is -0.462 e. The van der Waals surface area contributed by atoms with Crippen LogP contribution in [0, 0.1) is 0 Å². The number of phosphoric acid groups is 2. The summed E-state index contributed by atoms with van der Waals surface area (Å²) < 4.78 is 68.6. The van der Waals surface area contributed by atoms with Gasteiger partial charge >= 0.3 is 39.5 Å². The molecule has 19 heteroatoms. The van der Waals surface area contributed by atoms with E-state index in [0.717, 1.165) is 199 Å². The molecular weight excluding hydrogens is 1430 g/mol. The summed E-state index contributed by atoms with van der Waals surface area (Å²) in [6.45, 7) is 4.29. The molecular formula is C91H144O17P2. The van der Waals surface area contributed by atoms with Crippen LogP contribution >= 0.6 is 15.6 Å². The lowest BCUT2D eigenvalue weighted by atomic mass is 10.1. The molecule has 0 aromatic rings. The minimum atomic E-state index is -5.01. The highest BCUT2D eigenvalue weighted by Gasteiger charge is 2.30. The number of aliphatic hydroxyl groups is 1. The second-order valence-corrected chi connectivity index (χ2v) is 29.5. The van der Waals surface area contributed by atoms with Gasteiger partial charge in [-0.3, -0.25) is 37.3 Å². The number of hydrogen-bond donors (Lipinski definition) is 3. The van der Waals surface area contributed by atoms with Crippen molar-refractivity contribution in [2.75, 3.05) is 39.6 Å². The fourth-order valence-corrected chi connectivity index (χ4v) is 11.6. The molecule has 0 aliphatic heterocycles. The van der Waals surface area contributed by atoms with Crippen LogP contribution in [0.25, 0.3) is 0 Å². The zero-order chi connectivity index (χ0) is 80.3. The molecule has 0 fully saturated rings. The van der Waals surface area contributed by atoms with Crippen molar-refractivity contribution in [3.8, 4) is 0 Å². The van der Waals surface area contributed by atoms with Gasteiger partial charge < -0.3 is 33.8 Å². The van der Waals surface area contributed by atoms with Crippen LogP contribution in [0.4, 0.5) is 0 Å². The van der Waals surface area contributed by atoms with E-state index in [2.05, 4.69) is 216 Å². The SMILES string of the molecule is CC/C=C\C/C=C\C/C=C\C/C=C\C/C=C\C/C=C\CCC(=O)OCC(COP(=O)(O)OCC(O)COP(=O)(O)OCC(COC(=O)CCCCC/C=C\C/C=C\C/C=C\C/C=C\C/C=C\CC)OC(=O)CCCCCCCC/C=C\C/C=C\C/C=C\C/C=C\CC)OC(=O)CCCCCCC/C=C\C/C=C\CCC. The summed E-state index contributed by atoms with van der Waals surface area (Å²) in [4.78, 5) is 73.1. The Bertz CT molecular complexity index is 2900. The molecule has 0 amide bonds. The topological polar surface area (TPSA) is 237 Å². The van der Waals surface area contributed by atoms with Crippen LogP contribution < -0.4 is 0 Å². The van der Waals surface area contributed by atoms with Crippen LogP contribution in [0.15, 0.2) is 207 Å². The number of rotatable bonds is 75. The number of ether oxygens (including phenoxy) is 4. The van der Waals surface area contributed by atoms with Crippen LogP contribution in [0.3, 0.4) is 0 Å². The summed E-state index contributed by atoms with van der Waals surface area (Å²) in [5, 5.41) is 10.7. The van der Waals surface area contributed by atoms with Crippen molar-refractivity contribution in [3.63, 3.8) is 0 Å². The van der Waals surface area contributed by atoms with E-state index in [-0.39, 0.29) is 25.7 Å². The third-order valence-corrected chi connectivity index (χ3v) is 18.1. The lowest BCUT2D eigenvalue weighted by Gasteiger charge is -2.21. The molecule has 0 radical (unpaired) electrons. The van der Waals surface area contributed by atoms with Gasteiger partial charge in [0, 0.05) is 25.7 Å². The van der Waals surface area contributed by atoms with E-state index in [9.17, 15) is 43.2 Å². The summed E-state index contributed by atoms with van der Waals surface area (Å²) in [6, 6.07) is 0. The van der Waals surface area contributed by atoms with Crippen molar-refractivity contribution in [2.45, 2.75) is 303 Å². The molecule has 0 saturated carbocycles. The average Bonchev–Trinajstić information content (AvgIpc) is 0.942. The Morgan fingerprint density at radius 3 is 0.791 bits per heavy atom. The van der Waals surface area contributed by atoms with Gasteiger partial charge in [-0.1, -0.05) is 292 Å². The predicted molar refractivity (Wildman–Crippen MR) is 454 cm³/mol. The Labute approximate surface area is 665 Å². The fourth-order valence-electron chi connectivity index (χ4n) is 10.1. The first-order valence-corrected chi connectivity index (χ1v) is 44.3. The maximum absolute atomic E-state index is 13.1. The van der Waals surface area contributed by atoms with Crippen LogP contribution in [0.1, 0.15) is 285 Å². The highest BCUT2D eigenvalue weighted by molar-refractivity contribution is 7.47. The number of carbonyl (C=O) groups is 4. The van der Waals surface area contributed by atoms with Gasteiger partial charge in [-0.2, -0.15) is 0 Å². The number of unbranched alkanes of at least 4 members (excludes halogenated alkanes) is 15. The molecule has 0 saturated heterocycles. The molecule has 0 rings (SSSR count). The molecule has 0 spiro atoms. The molecule has 0 aromatic carbocycles. The van der Waals surface area contributed by atoms with Gasteiger partial charge in [-0.15, -0.1) is 0 Å². The molecule has 17 nitrogen and oxygen atoms in total. The van der Waals surface area contributed by atoms with Crippen molar-refractivity contribution >= 4 is 39.5 Å². The maximum Gasteiger partial charge on any atom is 0.472 e. The van der Waals surface area contributed by atoms with Crippen molar-refractivity contribution in [3.05, 3.63) is 207 Å². The molecule has 0 heterocycles. The van der Waals surface area contributed by atoms with E-state index in [1.165, 1.54) is 0 Å². The first kappa shape index (κ1) is 104. The van der Waals surface area contributed by atoms with Gasteiger partial charge in [0.05, 0.1) is 26.4 Å². The monoisotopic (exact) mass is 1570 g/mol. The molecule has 3 N–H and O–H groups in total. The predicted octanol–water partition coefficient (Wildman–Crippen LogP) is 24.7. The normalized spacial score (nSPS) is 14.9. The minimum absolute atomic E-state index is 0.0247. The van der Waals surface area contributed by atoms with E-state index < -0.39 is 97.5 Å². The van der Waals surface area contributed by atoms with E-state index in [1.807, 2.05) is 18.2 Å². The van der Waals surface area contributed by atoms with Crippen molar-refractivity contribution < 1.29 is 80.2 Å². The van der Waals surface area contributed by atoms with Gasteiger partial charge in [0.2, 0.25) is 0 Å². The quantitative estimate of drug-likeness (QED) is 0.0169. The Morgan fingerprint density at radius 2 is 0.491 bits per heavy atom. The molecule has 0 aliphatic rings. The molecule has 0 aliphatic carbocycles. The summed E-state index contributed by atoms with van der Waals surface area (Å²) in [7, 11) is -10.0. The molecule has 5 unspecified atom stereocenters. The second-order valence-electron chi connectivity index (χ2n) is 26.6. The van der Waals surface area contributed by atoms with Crippen LogP contribution in [0.5, 0.6) is 0 Å². The van der Waals surface area contributed by atoms with Crippen LogP contribution in [-0.4, -0.2) is 96.7 Å². The van der Waals surface area contributed by atoms with Crippen LogP contribution in [-0.2, 0) is 65.4 Å². The smallest absolute Gasteiger partial charge is 0.462 e. The standard InChI is InChI=1S/C91H144O17P2/c1-5-9-13-17-21-25-29-33-36-39-42-45-48-52-55-59-63-67-71-75-88(93)101-81-86(107-90(95)77-73-69-65-61-57-51-32-28-24-20-16-12-8-4)83-105-109(97,98)103-79-85(92)80-104-110(99,100)106-84-87(108-91(96)78-74-70-66-62-58-54-50-47-44-41-38-35-31-27-23-19-15-11-7-3)82-102-89(94)76-72-68-64-60-56-53-49-46-43-40-37-34-30-26-22-18-14-10-6-2/h9-11,13-16,20-23,25-28,32-38,42-47,52-53,55-56,63,67,85-87,92H,5-8,12,17-19,24,29-31,39-41,48-51,54,57-62,64-66,68-84H2,1-4H3,(H,97,98)(H,99,100)/b13-9-,14-10-,15-11-,20-16-,25-21-,26-22-,27-23-,32-28-,36-33-,37-34-,38-35-,45-42-,46-43-,47-44-,55-52-,56-53-,67-63-. The zero-order valence-corrected chi connectivity index (χ0v) is 69.6. The van der Waals surface area contributed by atoms with Crippen molar-refractivity contribution in [1.29, 1.82) is 0 Å². The summed E-state index contributed by atoms with van der Waals surface area (Å²) in [5.74, 6) is -2.36. The number of hydrogen-bond acceptors (Lipinski definition) is 15. The lowest BCUT2D eigenvalue weighted by Crippen LogP contribution is -2.30. The van der Waals surface area contributed by atoms with E-state index in [0.29, 0.717) is 32.1 Å². The first-order valence-electron chi connectivity index (χ1n) is 41.3. The summed E-state index contributed by atoms with van der Waals surface area (Å²) in [6.07, 6.45) is 101. The van der Waals surface area contributed by atoms with Crippen molar-refractivity contribution in [1.82, 2.24) is 0 Å². The van der Waals surface area contributed by atoms with Gasteiger partial charge in [0.25, 0.3) is 0 Å². The van der Waals surface area contributed by atoms with Gasteiger partial charge in [-0.05, 0) is 173 Å². The maximum atomic E-state index is 13.1. The second kappa shape index (κ2) is 80.7. The van der Waals surface area contributed by atoms with E-state index in [1.54, 1.807) is 0 Å². The highest BCUT2D eigenvalue weighted by atomic mass is 31.2. The zero-order valence-electron chi connectivity index (χ0n) is 67.8. The summed E-state index contributed by atoms with van der Waals surface area (Å²) in [5.41, 5.74) is 0. The molecule has 0 aromatic heterocycles. The van der Waals surface area contributed by atoms with Gasteiger partial charge in [-0.25, -0.2) is 9.13 Å². The van der Waals surface area contributed by atoms with E-state index >= 15 is 0 Å². The average molecular weight is 1570 g/mol. The largest absolute Gasteiger partial charge is 0.472 e. The highest BCUT2D eigenvalue weighted by Crippen LogP contribution is 2.45. The molecule has 620 valence electrons. The Balaban J connectivity index is 5.50. The first-order chi connectivity index (χ1) is 53.7. The van der Waals surface area contributed by atoms with E-state index in [4.69, 9.17) is 37.0 Å². The number of aliphatic hydroxyl groups excluding tert-OH is 1. The Hall–Kier alpha value is -6.36. The molecule has 5 atom stereocenters. The third kappa shape index (κ3) is 79.7. The van der Waals surface area contributed by atoms with Crippen molar-refractivity contribution in [2.24, 2.45) is 0 Å². The molecule has 0 bridgehead atoms. The van der Waals surface area contributed by atoms with Gasteiger partial charge in [0.15, 0.2) is 12.2 Å². The number of phosphoric ester groups is 2.